The van der Waals surface area contributed by atoms with Crippen LogP contribution in [0.1, 0.15) is 37.1 Å². The summed E-state index contributed by atoms with van der Waals surface area (Å²) in [5, 5.41) is 7.89. The molecular weight excluding hydrogens is 450 g/mol. The number of carbonyl (C=O) groups is 1. The van der Waals surface area contributed by atoms with Crippen LogP contribution in [0.2, 0.25) is 5.02 Å². The highest BCUT2D eigenvalue weighted by Gasteiger charge is 2.26. The van der Waals surface area contributed by atoms with Crippen molar-refractivity contribution in [1.82, 2.24) is 20.4 Å². The molecule has 3 aromatic rings. The maximum absolute atomic E-state index is 12.7. The summed E-state index contributed by atoms with van der Waals surface area (Å²) in [5.74, 6) is 1.35. The van der Waals surface area contributed by atoms with E-state index in [0.717, 1.165) is 50.1 Å². The minimum absolute atomic E-state index is 0.0486. The Morgan fingerprint density at radius 1 is 1.00 bits per heavy atom. The van der Waals surface area contributed by atoms with E-state index in [4.69, 9.17) is 16.1 Å². The van der Waals surface area contributed by atoms with Gasteiger partial charge in [-0.2, -0.15) is 4.98 Å². The molecule has 8 heteroatoms. The van der Waals surface area contributed by atoms with Crippen LogP contribution in [0.5, 0.6) is 0 Å². The Bertz CT molecular complexity index is 1090. The number of benzene rings is 2. The first-order chi connectivity index (χ1) is 16.6. The fraction of sp³-hybridized carbons (Fsp3) is 0.423. The lowest BCUT2D eigenvalue weighted by molar-refractivity contribution is -0.126. The number of piperidine rings is 1. The second kappa shape index (κ2) is 10.6. The molecule has 0 radical (unpaired) electrons. The predicted octanol–water partition coefficient (Wildman–Crippen LogP) is 4.52. The molecule has 2 aliphatic heterocycles. The van der Waals surface area contributed by atoms with E-state index in [1.54, 1.807) is 0 Å². The fourth-order valence-electron chi connectivity index (χ4n) is 4.71. The second-order valence-corrected chi connectivity index (χ2v) is 9.58. The van der Waals surface area contributed by atoms with E-state index in [1.807, 2.05) is 24.3 Å². The van der Waals surface area contributed by atoms with Crippen LogP contribution in [-0.2, 0) is 17.9 Å². The van der Waals surface area contributed by atoms with Gasteiger partial charge in [0.15, 0.2) is 0 Å². The van der Waals surface area contributed by atoms with Crippen molar-refractivity contribution < 1.29 is 9.32 Å². The Morgan fingerprint density at radius 3 is 2.41 bits per heavy atom. The maximum Gasteiger partial charge on any atom is 0.241 e. The molecule has 2 aliphatic rings. The van der Waals surface area contributed by atoms with Gasteiger partial charge in [-0.05, 0) is 80.7 Å². The van der Waals surface area contributed by atoms with Crippen molar-refractivity contribution in [2.75, 3.05) is 31.1 Å². The van der Waals surface area contributed by atoms with Crippen LogP contribution in [0, 0.1) is 5.92 Å². The third kappa shape index (κ3) is 5.59. The third-order valence-corrected chi connectivity index (χ3v) is 7.01. The lowest BCUT2D eigenvalue weighted by Gasteiger charge is -2.30. The summed E-state index contributed by atoms with van der Waals surface area (Å²) in [6.45, 7) is 5.13. The van der Waals surface area contributed by atoms with Crippen LogP contribution in [0.25, 0.3) is 11.4 Å². The van der Waals surface area contributed by atoms with Crippen molar-refractivity contribution in [3.8, 4) is 11.4 Å². The van der Waals surface area contributed by atoms with Crippen molar-refractivity contribution in [2.24, 2.45) is 5.92 Å². The molecule has 0 unspecified atom stereocenters. The smallest absolute Gasteiger partial charge is 0.241 e. The average molecular weight is 480 g/mol. The minimum atomic E-state index is 0.0486. The number of anilines is 1. The summed E-state index contributed by atoms with van der Waals surface area (Å²) in [4.78, 5) is 21.9. The van der Waals surface area contributed by atoms with Gasteiger partial charge in [-0.25, -0.2) is 0 Å². The largest absolute Gasteiger partial charge is 0.372 e. The van der Waals surface area contributed by atoms with Crippen LogP contribution < -0.4 is 10.2 Å². The maximum atomic E-state index is 12.7. The summed E-state index contributed by atoms with van der Waals surface area (Å²) in [7, 11) is 0. The molecule has 34 heavy (non-hydrogen) atoms. The molecule has 2 aromatic carbocycles. The number of likely N-dealkylation sites (tertiary alicyclic amines) is 1. The van der Waals surface area contributed by atoms with Gasteiger partial charge < -0.3 is 14.7 Å². The van der Waals surface area contributed by atoms with E-state index in [2.05, 4.69) is 49.5 Å². The Hall–Kier alpha value is -2.90. The lowest BCUT2D eigenvalue weighted by atomic mass is 9.96. The summed E-state index contributed by atoms with van der Waals surface area (Å²) in [6.07, 6.45) is 4.21. The van der Waals surface area contributed by atoms with Gasteiger partial charge in [-0.1, -0.05) is 28.9 Å². The predicted molar refractivity (Wildman–Crippen MR) is 132 cm³/mol. The Balaban J connectivity index is 1.06. The molecule has 0 atom stereocenters. The van der Waals surface area contributed by atoms with E-state index >= 15 is 0 Å². The van der Waals surface area contributed by atoms with Crippen LogP contribution in [0.4, 0.5) is 5.69 Å². The number of aromatic nitrogens is 2. The molecule has 0 aliphatic carbocycles. The monoisotopic (exact) mass is 479 g/mol. The third-order valence-electron chi connectivity index (χ3n) is 6.76. The molecule has 0 bridgehead atoms. The molecule has 3 heterocycles. The molecular formula is C26H30ClN5O2. The van der Waals surface area contributed by atoms with E-state index in [1.165, 1.54) is 18.5 Å². The quantitative estimate of drug-likeness (QED) is 0.537. The number of halogens is 1. The van der Waals surface area contributed by atoms with Gasteiger partial charge in [0.05, 0.1) is 6.54 Å². The summed E-state index contributed by atoms with van der Waals surface area (Å²) in [6, 6.07) is 16.0. The van der Waals surface area contributed by atoms with Crippen molar-refractivity contribution >= 4 is 23.2 Å². The van der Waals surface area contributed by atoms with Crippen molar-refractivity contribution in [3.05, 3.63) is 65.0 Å². The van der Waals surface area contributed by atoms with Gasteiger partial charge in [-0.15, -0.1) is 0 Å². The van der Waals surface area contributed by atoms with Crippen molar-refractivity contribution in [3.63, 3.8) is 0 Å². The highest BCUT2D eigenvalue weighted by molar-refractivity contribution is 6.30. The standard InChI is InChI=1S/C26H30ClN5O2/c27-22-7-5-20(6-8-22)25-29-24(34-30-25)18-31-15-11-21(12-16-31)26(33)28-17-19-3-9-23(10-4-19)32-13-1-2-14-32/h3-10,21H,1-2,11-18H2,(H,28,33). The number of hydrogen-bond donors (Lipinski definition) is 1. The molecule has 178 valence electrons. The highest BCUT2D eigenvalue weighted by Crippen LogP contribution is 2.23. The highest BCUT2D eigenvalue weighted by atomic mass is 35.5. The average Bonchev–Trinajstić information content (AvgIpc) is 3.57. The Morgan fingerprint density at radius 2 is 1.71 bits per heavy atom. The molecule has 1 aromatic heterocycles. The Labute approximate surface area is 205 Å². The summed E-state index contributed by atoms with van der Waals surface area (Å²) < 4.78 is 5.44. The first-order valence-corrected chi connectivity index (χ1v) is 12.4. The van der Waals surface area contributed by atoms with Crippen LogP contribution in [-0.4, -0.2) is 47.1 Å². The van der Waals surface area contributed by atoms with E-state index in [9.17, 15) is 4.79 Å². The zero-order valence-corrected chi connectivity index (χ0v) is 20.0. The van der Waals surface area contributed by atoms with Gasteiger partial charge in [0.1, 0.15) is 0 Å². The Kier molecular flexibility index (Phi) is 7.11. The number of nitrogens with one attached hydrogen (secondary N) is 1. The van der Waals surface area contributed by atoms with E-state index in [-0.39, 0.29) is 11.8 Å². The molecule has 5 rings (SSSR count). The normalized spacial score (nSPS) is 17.3. The molecule has 2 fully saturated rings. The lowest BCUT2D eigenvalue weighted by Crippen LogP contribution is -2.40. The second-order valence-electron chi connectivity index (χ2n) is 9.15. The first-order valence-electron chi connectivity index (χ1n) is 12.1. The van der Waals surface area contributed by atoms with Crippen LogP contribution >= 0.6 is 11.6 Å². The molecule has 7 nitrogen and oxygen atoms in total. The summed E-state index contributed by atoms with van der Waals surface area (Å²) in [5.41, 5.74) is 3.29. The summed E-state index contributed by atoms with van der Waals surface area (Å²) >= 11 is 5.94. The van der Waals surface area contributed by atoms with Crippen LogP contribution in [0.3, 0.4) is 0 Å². The number of hydrogen-bond acceptors (Lipinski definition) is 6. The van der Waals surface area contributed by atoms with E-state index in [0.29, 0.717) is 29.8 Å². The molecule has 1 N–H and O–H groups in total. The van der Waals surface area contributed by atoms with Gasteiger partial charge in [-0.3, -0.25) is 9.69 Å². The SMILES string of the molecule is O=C(NCc1ccc(N2CCCC2)cc1)C1CCN(Cc2nc(-c3ccc(Cl)cc3)no2)CC1. The number of nitrogens with zero attached hydrogens (tertiary/aromatic N) is 4. The van der Waals surface area contributed by atoms with Gasteiger partial charge in [0.2, 0.25) is 17.6 Å². The molecule has 2 saturated heterocycles. The number of carbonyl (C=O) groups excluding carboxylic acids is 1. The van der Waals surface area contributed by atoms with Gasteiger partial charge >= 0.3 is 0 Å². The molecule has 1 amide bonds. The zero-order chi connectivity index (χ0) is 23.3. The van der Waals surface area contributed by atoms with Crippen LogP contribution in [0.15, 0.2) is 53.1 Å². The van der Waals surface area contributed by atoms with Gasteiger partial charge in [0, 0.05) is 41.8 Å². The van der Waals surface area contributed by atoms with Crippen molar-refractivity contribution in [1.29, 1.82) is 0 Å². The number of rotatable bonds is 7. The fourth-order valence-corrected chi connectivity index (χ4v) is 4.84. The van der Waals surface area contributed by atoms with Crippen molar-refractivity contribution in [2.45, 2.75) is 38.8 Å². The molecule has 0 spiro atoms. The van der Waals surface area contributed by atoms with E-state index < -0.39 is 0 Å². The topological polar surface area (TPSA) is 74.5 Å². The number of amides is 1. The first kappa shape index (κ1) is 22.9. The zero-order valence-electron chi connectivity index (χ0n) is 19.3. The minimum Gasteiger partial charge on any atom is -0.372 e. The molecule has 0 saturated carbocycles. The van der Waals surface area contributed by atoms with Gasteiger partial charge in [0.25, 0.3) is 0 Å².